The molecule has 1 aliphatic heterocycles. The summed E-state index contributed by atoms with van der Waals surface area (Å²) in [5.41, 5.74) is 2.36. The molecular weight excluding hydrogens is 496 g/mol. The Morgan fingerprint density at radius 3 is 2.62 bits per heavy atom. The minimum atomic E-state index is -0.625. The van der Waals surface area contributed by atoms with Crippen molar-refractivity contribution >= 4 is 52.1 Å². The van der Waals surface area contributed by atoms with E-state index in [4.69, 9.17) is 21.1 Å². The number of benzene rings is 2. The fraction of sp³-hybridized carbons (Fsp3) is 0.308. The monoisotopic (exact) mass is 522 g/mol. The number of morpholine rings is 1. The van der Waals surface area contributed by atoms with Crippen LogP contribution in [0.25, 0.3) is 0 Å². The van der Waals surface area contributed by atoms with Crippen LogP contribution in [0.4, 0.5) is 28.8 Å². The Labute approximate surface area is 219 Å². The van der Waals surface area contributed by atoms with Gasteiger partial charge in [-0.25, -0.2) is 4.98 Å². The lowest BCUT2D eigenvalue weighted by Gasteiger charge is -2.29. The van der Waals surface area contributed by atoms with Crippen LogP contribution < -0.4 is 25.6 Å². The average molecular weight is 523 g/mol. The highest BCUT2D eigenvalue weighted by atomic mass is 35.5. The number of carbonyl (C=O) groups excluding carboxylic acids is 2. The molecular formula is C26H27ClN6O4. The zero-order valence-electron chi connectivity index (χ0n) is 20.3. The molecule has 0 unspecified atom stereocenters. The number of aromatic nitrogens is 2. The van der Waals surface area contributed by atoms with Crippen LogP contribution in [0.15, 0.2) is 48.7 Å². The van der Waals surface area contributed by atoms with Crippen LogP contribution in [-0.4, -0.2) is 61.1 Å². The van der Waals surface area contributed by atoms with E-state index >= 15 is 0 Å². The van der Waals surface area contributed by atoms with Crippen LogP contribution in [0, 0.1) is 0 Å². The smallest absolute Gasteiger partial charge is 0.292 e. The molecule has 1 aromatic heterocycles. The number of ketones is 1. The maximum Gasteiger partial charge on any atom is 0.292 e. The van der Waals surface area contributed by atoms with Gasteiger partial charge in [-0.1, -0.05) is 23.7 Å². The summed E-state index contributed by atoms with van der Waals surface area (Å²) in [4.78, 5) is 36.1. The molecule has 3 aromatic rings. The minimum absolute atomic E-state index is 0.0847. The molecule has 10 nitrogen and oxygen atoms in total. The highest BCUT2D eigenvalue weighted by Crippen LogP contribution is 2.33. The topological polar surface area (TPSA) is 118 Å². The lowest BCUT2D eigenvalue weighted by atomic mass is 10.1. The number of Topliss-reactive ketones (excluding diaryl/α,β-unsaturated/α-hetero) is 1. The third kappa shape index (κ3) is 5.92. The average Bonchev–Trinajstić information content (AvgIpc) is 3.75. The predicted octanol–water partition coefficient (Wildman–Crippen LogP) is 3.92. The van der Waals surface area contributed by atoms with Crippen molar-refractivity contribution in [2.75, 3.05) is 48.9 Å². The highest BCUT2D eigenvalue weighted by molar-refractivity contribution is 6.44. The van der Waals surface area contributed by atoms with Crippen molar-refractivity contribution in [1.82, 2.24) is 15.3 Å². The fourth-order valence-electron chi connectivity index (χ4n) is 3.96. The summed E-state index contributed by atoms with van der Waals surface area (Å²) in [5, 5.41) is 9.23. The van der Waals surface area contributed by atoms with Gasteiger partial charge in [0.15, 0.2) is 5.82 Å². The molecule has 2 fully saturated rings. The SMILES string of the molecule is COc1cc(N2CCOCC2)ccc1Nc1ncc(Cl)c(Nc2ccccc2C(=O)C(=O)NC2CC2)n1. The summed E-state index contributed by atoms with van der Waals surface area (Å²) >= 11 is 6.37. The molecule has 5 rings (SSSR count). The van der Waals surface area contributed by atoms with Crippen molar-refractivity contribution in [3.63, 3.8) is 0 Å². The van der Waals surface area contributed by atoms with Crippen molar-refractivity contribution in [2.45, 2.75) is 18.9 Å². The van der Waals surface area contributed by atoms with Crippen LogP contribution in [-0.2, 0) is 9.53 Å². The van der Waals surface area contributed by atoms with Gasteiger partial charge in [-0.05, 0) is 37.1 Å². The molecule has 3 N–H and O–H groups in total. The van der Waals surface area contributed by atoms with E-state index in [1.54, 1.807) is 31.4 Å². The Morgan fingerprint density at radius 2 is 1.86 bits per heavy atom. The van der Waals surface area contributed by atoms with Crippen LogP contribution in [0.1, 0.15) is 23.2 Å². The number of hydrogen-bond donors (Lipinski definition) is 3. The molecule has 1 amide bonds. The second-order valence-electron chi connectivity index (χ2n) is 8.75. The molecule has 1 saturated carbocycles. The lowest BCUT2D eigenvalue weighted by molar-refractivity contribution is -0.117. The first-order chi connectivity index (χ1) is 18.0. The van der Waals surface area contributed by atoms with Crippen molar-refractivity contribution in [3.05, 3.63) is 59.2 Å². The first-order valence-electron chi connectivity index (χ1n) is 12.0. The Morgan fingerprint density at radius 1 is 1.08 bits per heavy atom. The zero-order valence-corrected chi connectivity index (χ0v) is 21.0. The molecule has 192 valence electrons. The Hall–Kier alpha value is -3.89. The number of rotatable bonds is 9. The summed E-state index contributed by atoms with van der Waals surface area (Å²) in [6.45, 7) is 3.02. The van der Waals surface area contributed by atoms with Crippen LogP contribution in [0.2, 0.25) is 5.02 Å². The molecule has 0 atom stereocenters. The van der Waals surface area contributed by atoms with Gasteiger partial charge in [-0.2, -0.15) is 4.98 Å². The molecule has 0 bridgehead atoms. The quantitative estimate of drug-likeness (QED) is 0.284. The van der Waals surface area contributed by atoms with Gasteiger partial charge in [-0.15, -0.1) is 0 Å². The van der Waals surface area contributed by atoms with Gasteiger partial charge < -0.3 is 30.3 Å². The predicted molar refractivity (Wildman–Crippen MR) is 142 cm³/mol. The normalized spacial score (nSPS) is 15.1. The van der Waals surface area contributed by atoms with E-state index in [-0.39, 0.29) is 28.4 Å². The van der Waals surface area contributed by atoms with Gasteiger partial charge >= 0.3 is 0 Å². The van der Waals surface area contributed by atoms with E-state index in [9.17, 15) is 9.59 Å². The van der Waals surface area contributed by atoms with E-state index in [0.29, 0.717) is 30.3 Å². The van der Waals surface area contributed by atoms with Crippen molar-refractivity contribution in [2.24, 2.45) is 0 Å². The Bertz CT molecular complexity index is 1310. The lowest BCUT2D eigenvalue weighted by Crippen LogP contribution is -2.36. The van der Waals surface area contributed by atoms with Gasteiger partial charge in [0.1, 0.15) is 10.8 Å². The standard InChI is InChI=1S/C26H27ClN6O4/c1-36-22-14-17(33-10-12-37-13-11-33)8-9-21(22)31-26-28-15-19(27)24(32-26)30-20-5-3-2-4-18(20)23(34)25(35)29-16-6-7-16/h2-5,8-9,14-16H,6-7,10-13H2,1H3,(H,29,35)(H2,28,30,31,32). The maximum absolute atomic E-state index is 12.8. The number of nitrogens with zero attached hydrogens (tertiary/aromatic N) is 3. The van der Waals surface area contributed by atoms with Gasteiger partial charge in [0.2, 0.25) is 5.95 Å². The summed E-state index contributed by atoms with van der Waals surface area (Å²) in [6, 6.07) is 12.7. The molecule has 2 aliphatic rings. The molecule has 37 heavy (non-hydrogen) atoms. The van der Waals surface area contributed by atoms with Crippen LogP contribution in [0.3, 0.4) is 0 Å². The van der Waals surface area contributed by atoms with Crippen LogP contribution >= 0.6 is 11.6 Å². The summed E-state index contributed by atoms with van der Waals surface area (Å²) in [6.07, 6.45) is 3.25. The second-order valence-corrected chi connectivity index (χ2v) is 9.15. The Balaban J connectivity index is 1.35. The van der Waals surface area contributed by atoms with Gasteiger partial charge in [-0.3, -0.25) is 9.59 Å². The number of ether oxygens (including phenoxy) is 2. The third-order valence-corrected chi connectivity index (χ3v) is 6.37. The molecule has 11 heteroatoms. The molecule has 2 aromatic carbocycles. The number of methoxy groups -OCH3 is 1. The number of carbonyl (C=O) groups is 2. The van der Waals surface area contributed by atoms with Crippen molar-refractivity contribution in [1.29, 1.82) is 0 Å². The number of para-hydroxylation sites is 1. The fourth-order valence-corrected chi connectivity index (χ4v) is 4.09. The number of amides is 1. The largest absolute Gasteiger partial charge is 0.494 e. The van der Waals surface area contributed by atoms with Gasteiger partial charge in [0, 0.05) is 30.9 Å². The first-order valence-corrected chi connectivity index (χ1v) is 12.4. The second kappa shape index (κ2) is 11.0. The van der Waals surface area contributed by atoms with Crippen molar-refractivity contribution < 1.29 is 19.1 Å². The van der Waals surface area contributed by atoms with E-state index in [0.717, 1.165) is 31.6 Å². The third-order valence-electron chi connectivity index (χ3n) is 6.10. The molecule has 0 radical (unpaired) electrons. The highest BCUT2D eigenvalue weighted by Gasteiger charge is 2.28. The first kappa shape index (κ1) is 24.8. The number of halogens is 1. The summed E-state index contributed by atoms with van der Waals surface area (Å²) < 4.78 is 11.0. The van der Waals surface area contributed by atoms with E-state index in [1.165, 1.54) is 6.20 Å². The zero-order chi connectivity index (χ0) is 25.8. The minimum Gasteiger partial charge on any atom is -0.494 e. The molecule has 1 saturated heterocycles. The molecule has 1 aliphatic carbocycles. The van der Waals surface area contributed by atoms with Crippen LogP contribution in [0.5, 0.6) is 5.75 Å². The summed E-state index contributed by atoms with van der Waals surface area (Å²) in [7, 11) is 1.60. The number of hydrogen-bond acceptors (Lipinski definition) is 9. The Kier molecular flexibility index (Phi) is 7.38. The van der Waals surface area contributed by atoms with E-state index in [1.807, 2.05) is 18.2 Å². The maximum atomic E-state index is 12.8. The number of anilines is 5. The summed E-state index contributed by atoms with van der Waals surface area (Å²) in [5.74, 6) is -0.0515. The van der Waals surface area contributed by atoms with Gasteiger partial charge in [0.05, 0.1) is 43.5 Å². The van der Waals surface area contributed by atoms with E-state index in [2.05, 4.69) is 30.8 Å². The van der Waals surface area contributed by atoms with Gasteiger partial charge in [0.25, 0.3) is 11.7 Å². The van der Waals surface area contributed by atoms with E-state index < -0.39 is 11.7 Å². The molecule has 2 heterocycles. The van der Waals surface area contributed by atoms with Crippen molar-refractivity contribution in [3.8, 4) is 5.75 Å². The number of nitrogens with one attached hydrogen (secondary N) is 3. The molecule has 0 spiro atoms.